The first-order valence-corrected chi connectivity index (χ1v) is 17.4. The first kappa shape index (κ1) is 35.6. The Kier molecular flexibility index (Phi) is 20.2. The highest BCUT2D eigenvalue weighted by molar-refractivity contribution is 6.53. The molecule has 2 aromatic rings. The zero-order valence-electron chi connectivity index (χ0n) is 27.0. The van der Waals surface area contributed by atoms with Crippen molar-refractivity contribution in [3.8, 4) is 0 Å². The number of hydrogen-bond acceptors (Lipinski definition) is 4. The van der Waals surface area contributed by atoms with Crippen molar-refractivity contribution in [1.82, 2.24) is 0 Å². The number of nitrogens with zero attached hydrogens (tertiary/aromatic N) is 2. The summed E-state index contributed by atoms with van der Waals surface area (Å²) in [4.78, 5) is 0. The monoisotopic (exact) mass is 576 g/mol. The molecule has 234 valence electrons. The summed E-state index contributed by atoms with van der Waals surface area (Å²) in [5.41, 5.74) is 4.62. The van der Waals surface area contributed by atoms with Gasteiger partial charge in [-0.05, 0) is 36.8 Å². The largest absolute Gasteiger partial charge is 0.410 e. The fourth-order valence-electron chi connectivity index (χ4n) is 5.78. The van der Waals surface area contributed by atoms with Crippen molar-refractivity contribution in [3.05, 3.63) is 70.8 Å². The van der Waals surface area contributed by atoms with Crippen LogP contribution in [0.1, 0.15) is 165 Å². The first-order valence-electron chi connectivity index (χ1n) is 17.4. The summed E-state index contributed by atoms with van der Waals surface area (Å²) in [6.07, 6.45) is 28.9. The van der Waals surface area contributed by atoms with Gasteiger partial charge in [0.2, 0.25) is 0 Å². The van der Waals surface area contributed by atoms with Crippen LogP contribution in [0, 0.1) is 0 Å². The number of oxime groups is 2. The molecular weight excluding hydrogens is 516 g/mol. The standard InChI is InChI=1S/C38H60N2O2/c1-3-5-7-9-11-13-15-17-19-21-23-33-25-29-35(30-26-33)37(39-41)38(40-42)36-31-27-34(28-32-36)24-22-20-18-16-14-12-10-8-6-4-2/h25-32,41-42H,3-24H2,1-2H3/b39-37-,40-38+. The van der Waals surface area contributed by atoms with Crippen LogP contribution >= 0.6 is 0 Å². The Hall–Kier alpha value is -2.62. The topological polar surface area (TPSA) is 65.2 Å². The Morgan fingerprint density at radius 3 is 0.929 bits per heavy atom. The van der Waals surface area contributed by atoms with Crippen molar-refractivity contribution in [3.63, 3.8) is 0 Å². The highest BCUT2D eigenvalue weighted by atomic mass is 16.4. The van der Waals surface area contributed by atoms with Crippen molar-refractivity contribution in [2.24, 2.45) is 10.3 Å². The van der Waals surface area contributed by atoms with E-state index >= 15 is 0 Å². The maximum absolute atomic E-state index is 9.83. The van der Waals surface area contributed by atoms with Gasteiger partial charge in [0.15, 0.2) is 0 Å². The van der Waals surface area contributed by atoms with Gasteiger partial charge < -0.3 is 10.4 Å². The van der Waals surface area contributed by atoms with Gasteiger partial charge in [-0.2, -0.15) is 0 Å². The van der Waals surface area contributed by atoms with Gasteiger partial charge in [-0.15, -0.1) is 0 Å². The Morgan fingerprint density at radius 1 is 0.405 bits per heavy atom. The molecule has 0 radical (unpaired) electrons. The Bertz CT molecular complexity index is 898. The van der Waals surface area contributed by atoms with Crippen LogP contribution in [0.5, 0.6) is 0 Å². The Labute approximate surface area is 257 Å². The summed E-state index contributed by atoms with van der Waals surface area (Å²) in [7, 11) is 0. The predicted molar refractivity (Wildman–Crippen MR) is 181 cm³/mol. The van der Waals surface area contributed by atoms with Gasteiger partial charge in [-0.25, -0.2) is 0 Å². The second kappa shape index (κ2) is 23.9. The van der Waals surface area contributed by atoms with Crippen LogP contribution in [0.4, 0.5) is 0 Å². The second-order valence-electron chi connectivity index (χ2n) is 12.2. The van der Waals surface area contributed by atoms with Gasteiger partial charge >= 0.3 is 0 Å². The minimum absolute atomic E-state index is 0.283. The van der Waals surface area contributed by atoms with Gasteiger partial charge in [0, 0.05) is 11.1 Å². The smallest absolute Gasteiger partial charge is 0.139 e. The summed E-state index contributed by atoms with van der Waals surface area (Å²) >= 11 is 0. The van der Waals surface area contributed by atoms with E-state index in [-0.39, 0.29) is 11.4 Å². The molecule has 0 aliphatic heterocycles. The molecule has 0 spiro atoms. The van der Waals surface area contributed by atoms with E-state index in [4.69, 9.17) is 0 Å². The summed E-state index contributed by atoms with van der Waals surface area (Å²) in [6, 6.07) is 16.2. The van der Waals surface area contributed by atoms with Crippen LogP contribution in [0.3, 0.4) is 0 Å². The molecule has 0 fully saturated rings. The quantitative estimate of drug-likeness (QED) is 0.0534. The van der Waals surface area contributed by atoms with Crippen molar-refractivity contribution in [1.29, 1.82) is 0 Å². The van der Waals surface area contributed by atoms with Crippen LogP contribution < -0.4 is 0 Å². The lowest BCUT2D eigenvalue weighted by molar-refractivity contribution is 0.314. The highest BCUT2D eigenvalue weighted by Crippen LogP contribution is 2.17. The summed E-state index contributed by atoms with van der Waals surface area (Å²) in [6.45, 7) is 4.54. The van der Waals surface area contributed by atoms with E-state index in [2.05, 4.69) is 48.4 Å². The van der Waals surface area contributed by atoms with Gasteiger partial charge in [0.1, 0.15) is 11.4 Å². The molecule has 4 nitrogen and oxygen atoms in total. The molecule has 0 aliphatic carbocycles. The van der Waals surface area contributed by atoms with Crippen LogP contribution in [-0.2, 0) is 12.8 Å². The van der Waals surface area contributed by atoms with E-state index in [9.17, 15) is 10.4 Å². The SMILES string of the molecule is CCCCCCCCCCCCc1ccc(C(=N/O)/C(=N/O)c2ccc(CCCCCCCCCCCC)cc2)cc1. The number of aryl methyl sites for hydroxylation is 2. The van der Waals surface area contributed by atoms with Gasteiger partial charge in [-0.1, -0.05) is 188 Å². The third kappa shape index (κ3) is 15.0. The molecule has 0 saturated heterocycles. The molecule has 42 heavy (non-hydrogen) atoms. The fourth-order valence-corrected chi connectivity index (χ4v) is 5.78. The van der Waals surface area contributed by atoms with Crippen LogP contribution in [0.2, 0.25) is 0 Å². The molecule has 0 unspecified atom stereocenters. The molecular formula is C38H60N2O2. The summed E-state index contributed by atoms with van der Waals surface area (Å²) in [5, 5.41) is 26.7. The average molecular weight is 577 g/mol. The molecule has 2 aromatic carbocycles. The molecule has 4 heteroatoms. The molecule has 2 N–H and O–H groups in total. The number of benzene rings is 2. The first-order chi connectivity index (χ1) is 20.7. The molecule has 0 aromatic heterocycles. The third-order valence-corrected chi connectivity index (χ3v) is 8.52. The molecule has 0 aliphatic rings. The predicted octanol–water partition coefficient (Wildman–Crippen LogP) is 11.7. The minimum atomic E-state index is 0.283. The van der Waals surface area contributed by atoms with Crippen molar-refractivity contribution < 1.29 is 10.4 Å². The second-order valence-corrected chi connectivity index (χ2v) is 12.2. The maximum atomic E-state index is 9.83. The number of hydrogen-bond donors (Lipinski definition) is 2. The number of unbranched alkanes of at least 4 members (excludes halogenated alkanes) is 18. The van der Waals surface area contributed by atoms with Gasteiger partial charge in [0.05, 0.1) is 0 Å². The minimum Gasteiger partial charge on any atom is -0.410 e. The average Bonchev–Trinajstić information content (AvgIpc) is 3.02. The lowest BCUT2D eigenvalue weighted by Gasteiger charge is -2.10. The molecule has 2 rings (SSSR count). The number of rotatable bonds is 25. The van der Waals surface area contributed by atoms with Crippen LogP contribution in [0.15, 0.2) is 58.8 Å². The van der Waals surface area contributed by atoms with Crippen molar-refractivity contribution in [2.75, 3.05) is 0 Å². The third-order valence-electron chi connectivity index (χ3n) is 8.52. The Balaban J connectivity index is 1.72. The zero-order chi connectivity index (χ0) is 30.1. The lowest BCUT2D eigenvalue weighted by atomic mass is 9.96. The van der Waals surface area contributed by atoms with Crippen LogP contribution in [-0.4, -0.2) is 21.8 Å². The molecule has 0 amide bonds. The zero-order valence-corrected chi connectivity index (χ0v) is 27.0. The van der Waals surface area contributed by atoms with Crippen molar-refractivity contribution in [2.45, 2.75) is 155 Å². The van der Waals surface area contributed by atoms with E-state index in [0.717, 1.165) is 24.0 Å². The lowest BCUT2D eigenvalue weighted by Crippen LogP contribution is -2.17. The maximum Gasteiger partial charge on any atom is 0.139 e. The van der Waals surface area contributed by atoms with Crippen molar-refractivity contribution >= 4 is 11.4 Å². The Morgan fingerprint density at radius 2 is 0.667 bits per heavy atom. The van der Waals surface area contributed by atoms with Gasteiger partial charge in [-0.3, -0.25) is 0 Å². The summed E-state index contributed by atoms with van der Waals surface area (Å²) < 4.78 is 0. The van der Waals surface area contributed by atoms with Crippen LogP contribution in [0.25, 0.3) is 0 Å². The molecule has 0 atom stereocenters. The van der Waals surface area contributed by atoms with E-state index in [1.165, 1.54) is 140 Å². The van der Waals surface area contributed by atoms with E-state index in [1.807, 2.05) is 24.3 Å². The fraction of sp³-hybridized carbons (Fsp3) is 0.632. The summed E-state index contributed by atoms with van der Waals surface area (Å²) in [5.74, 6) is 0. The van der Waals surface area contributed by atoms with E-state index in [1.54, 1.807) is 0 Å². The van der Waals surface area contributed by atoms with Gasteiger partial charge in [0.25, 0.3) is 0 Å². The van der Waals surface area contributed by atoms with E-state index in [0.29, 0.717) is 0 Å². The van der Waals surface area contributed by atoms with E-state index < -0.39 is 0 Å². The highest BCUT2D eigenvalue weighted by Gasteiger charge is 2.16. The molecule has 0 heterocycles. The normalized spacial score (nSPS) is 12.2. The molecule has 0 saturated carbocycles. The molecule has 0 bridgehead atoms.